The van der Waals surface area contributed by atoms with E-state index in [0.29, 0.717) is 19.1 Å². The Hall–Kier alpha value is -3.32. The van der Waals surface area contributed by atoms with Gasteiger partial charge in [0.2, 0.25) is 0 Å². The van der Waals surface area contributed by atoms with Gasteiger partial charge in [0.05, 0.1) is 11.9 Å². The fourth-order valence-electron chi connectivity index (χ4n) is 3.01. The van der Waals surface area contributed by atoms with Crippen molar-refractivity contribution in [2.24, 2.45) is 5.92 Å². The van der Waals surface area contributed by atoms with Crippen LogP contribution in [0.25, 0.3) is 0 Å². The van der Waals surface area contributed by atoms with Gasteiger partial charge in [-0.25, -0.2) is 4.98 Å². The monoisotopic (exact) mass is 370 g/mol. The van der Waals surface area contributed by atoms with Crippen molar-refractivity contribution < 1.29 is 9.99 Å². The largest absolute Gasteiger partial charge is 0.327 e. The molecule has 4 rings (SSSR count). The van der Waals surface area contributed by atoms with Gasteiger partial charge in [-0.3, -0.25) is 4.84 Å². The normalized spacial score (nSPS) is 13.7. The van der Waals surface area contributed by atoms with Gasteiger partial charge in [0, 0.05) is 23.9 Å². The highest BCUT2D eigenvalue weighted by molar-refractivity contribution is 5.97. The molecule has 1 fully saturated rings. The van der Waals surface area contributed by atoms with Crippen molar-refractivity contribution in [2.75, 3.05) is 0 Å². The minimum atomic E-state index is 0.498. The first-order valence-electron chi connectivity index (χ1n) is 9.64. The van der Waals surface area contributed by atoms with Crippen molar-refractivity contribution in [3.8, 4) is 11.8 Å². The van der Waals surface area contributed by atoms with Crippen LogP contribution in [0.5, 0.6) is 0 Å². The van der Waals surface area contributed by atoms with Crippen molar-refractivity contribution >= 4 is 5.71 Å². The molecule has 0 saturated heterocycles. The van der Waals surface area contributed by atoms with Crippen LogP contribution in [0.4, 0.5) is 0 Å². The van der Waals surface area contributed by atoms with Gasteiger partial charge in [0.15, 0.2) is 6.61 Å². The van der Waals surface area contributed by atoms with Crippen LogP contribution in [0.2, 0.25) is 0 Å². The number of imidazole rings is 1. The second-order valence-electron chi connectivity index (χ2n) is 7.16. The topological polar surface area (TPSA) is 41.0 Å². The summed E-state index contributed by atoms with van der Waals surface area (Å²) in [6.45, 7) is 3.27. The van der Waals surface area contributed by atoms with E-state index in [1.165, 1.54) is 18.4 Å². The first-order chi connectivity index (χ1) is 13.8. The Bertz CT molecular complexity index is 1010. The summed E-state index contributed by atoms with van der Waals surface area (Å²) in [5.41, 5.74) is 5.49. The molecule has 0 atom stereocenters. The molecule has 1 aromatic heterocycles. The molecule has 0 unspecified atom stereocenters. The second-order valence-corrected chi connectivity index (χ2v) is 7.16. The summed E-state index contributed by atoms with van der Waals surface area (Å²) in [6.07, 6.45) is 8.03. The van der Waals surface area contributed by atoms with E-state index >= 15 is 0 Å². The molecule has 3 aromatic rings. The number of aryl methyl sites for hydroxylation is 1. The third-order valence-electron chi connectivity index (χ3n) is 4.73. The summed E-state index contributed by atoms with van der Waals surface area (Å²) in [4.78, 5) is 9.95. The van der Waals surface area contributed by atoms with E-state index in [0.717, 1.165) is 22.4 Å². The molecular weight excluding hydrogens is 346 g/mol. The molecule has 140 valence electrons. The van der Waals surface area contributed by atoms with Gasteiger partial charge in [0.1, 0.15) is 6.54 Å². The first-order valence-corrected chi connectivity index (χ1v) is 9.64. The van der Waals surface area contributed by atoms with E-state index in [4.69, 9.17) is 4.84 Å². The zero-order chi connectivity index (χ0) is 19.2. The molecule has 0 amide bonds. The van der Waals surface area contributed by atoms with Crippen LogP contribution in [-0.4, -0.2) is 15.3 Å². The number of hydrogen-bond donors (Lipinski definition) is 1. The number of hydrogen-bond acceptors (Lipinski definition) is 2. The zero-order valence-corrected chi connectivity index (χ0v) is 16.1. The van der Waals surface area contributed by atoms with Crippen LogP contribution < -0.4 is 5.16 Å². The molecule has 2 aromatic carbocycles. The number of nitrogens with one attached hydrogen (secondary N) is 1. The van der Waals surface area contributed by atoms with E-state index in [1.54, 1.807) is 6.20 Å². The standard InChI is InChI=1S/C24H23N3O/c1-19-15-21(10-9-20-7-8-20)11-12-23(19)24(16-27-14-13-25-18-27)26-28-17-22-5-3-2-4-6-22/h2-6,11-15,18,20H,7-8,16-17H2,1H3/p+1/b26-24+. The summed E-state index contributed by atoms with van der Waals surface area (Å²) < 4.78 is 2.02. The Kier molecular flexibility index (Phi) is 5.53. The van der Waals surface area contributed by atoms with Crippen LogP contribution >= 0.6 is 0 Å². The molecule has 1 aliphatic carbocycles. The van der Waals surface area contributed by atoms with Gasteiger partial charge in [-0.05, 0) is 54.2 Å². The lowest BCUT2D eigenvalue weighted by Gasteiger charge is -2.07. The summed E-state index contributed by atoms with van der Waals surface area (Å²) in [7, 11) is 0. The van der Waals surface area contributed by atoms with Gasteiger partial charge in [0.25, 0.3) is 5.71 Å². The van der Waals surface area contributed by atoms with Crippen LogP contribution in [0.1, 0.15) is 35.1 Å². The van der Waals surface area contributed by atoms with Crippen LogP contribution in [-0.2, 0) is 18.0 Å². The summed E-state index contributed by atoms with van der Waals surface area (Å²) in [5, 5.41) is 3.18. The molecule has 28 heavy (non-hydrogen) atoms. The summed E-state index contributed by atoms with van der Waals surface area (Å²) in [5.74, 6) is 7.23. The maximum atomic E-state index is 5.81. The average Bonchev–Trinajstić information content (AvgIpc) is 3.41. The maximum Gasteiger partial charge on any atom is 0.251 e. The highest BCUT2D eigenvalue weighted by Gasteiger charge is 2.18. The third kappa shape index (κ3) is 4.89. The van der Waals surface area contributed by atoms with Crippen LogP contribution in [0.3, 0.4) is 0 Å². The Morgan fingerprint density at radius 1 is 1.21 bits per heavy atom. The molecule has 4 heteroatoms. The van der Waals surface area contributed by atoms with Gasteiger partial charge < -0.3 is 4.57 Å². The van der Waals surface area contributed by atoms with Gasteiger partial charge >= 0.3 is 0 Å². The van der Waals surface area contributed by atoms with Crippen molar-refractivity contribution in [2.45, 2.75) is 32.9 Å². The van der Waals surface area contributed by atoms with Gasteiger partial charge in [-0.15, -0.1) is 0 Å². The fraction of sp³-hybridized carbons (Fsp3) is 0.250. The second kappa shape index (κ2) is 8.58. The van der Waals surface area contributed by atoms with Crippen molar-refractivity contribution in [1.82, 2.24) is 9.55 Å². The molecule has 1 heterocycles. The van der Waals surface area contributed by atoms with E-state index in [1.807, 2.05) is 35.3 Å². The maximum absolute atomic E-state index is 5.81. The SMILES string of the molecule is Cc1cc(C#CC2CC2)ccc1/C(Cn1ccnc1)=[NH+]/OCc1ccccc1. The number of rotatable bonds is 6. The molecule has 1 saturated carbocycles. The molecule has 0 aliphatic heterocycles. The summed E-state index contributed by atoms with van der Waals surface area (Å²) in [6, 6.07) is 16.5. The third-order valence-corrected chi connectivity index (χ3v) is 4.73. The molecule has 4 nitrogen and oxygen atoms in total. The summed E-state index contributed by atoms with van der Waals surface area (Å²) >= 11 is 0. The first kappa shape index (κ1) is 18.1. The lowest BCUT2D eigenvalue weighted by Crippen LogP contribution is -2.72. The van der Waals surface area contributed by atoms with Crippen LogP contribution in [0, 0.1) is 24.7 Å². The lowest BCUT2D eigenvalue weighted by atomic mass is 10.0. The Morgan fingerprint density at radius 3 is 2.79 bits per heavy atom. The lowest BCUT2D eigenvalue weighted by molar-refractivity contribution is -0.759. The van der Waals surface area contributed by atoms with Gasteiger partial charge in [-0.2, -0.15) is 0 Å². The van der Waals surface area contributed by atoms with E-state index in [-0.39, 0.29) is 0 Å². The number of aromatic nitrogens is 2. The molecule has 0 radical (unpaired) electrons. The minimum absolute atomic E-state index is 0.498. The highest BCUT2D eigenvalue weighted by atomic mass is 16.6. The molecular formula is C24H24N3O+. The Labute approximate surface area is 165 Å². The quantitative estimate of drug-likeness (QED) is 0.412. The zero-order valence-electron chi connectivity index (χ0n) is 16.1. The molecule has 1 N–H and O–H groups in total. The van der Waals surface area contributed by atoms with Crippen molar-refractivity contribution in [3.63, 3.8) is 0 Å². The van der Waals surface area contributed by atoms with Crippen molar-refractivity contribution in [3.05, 3.63) is 89.5 Å². The number of nitrogens with zero attached hydrogens (tertiary/aromatic N) is 2. The highest BCUT2D eigenvalue weighted by Crippen LogP contribution is 2.27. The van der Waals surface area contributed by atoms with Crippen molar-refractivity contribution in [1.29, 1.82) is 0 Å². The van der Waals surface area contributed by atoms with E-state index in [9.17, 15) is 0 Å². The molecule has 0 bridgehead atoms. The fourth-order valence-corrected chi connectivity index (χ4v) is 3.01. The predicted molar refractivity (Wildman–Crippen MR) is 109 cm³/mol. The average molecular weight is 370 g/mol. The predicted octanol–water partition coefficient (Wildman–Crippen LogP) is 2.65. The van der Waals surface area contributed by atoms with E-state index in [2.05, 4.69) is 59.2 Å². The van der Waals surface area contributed by atoms with Crippen LogP contribution in [0.15, 0.2) is 67.3 Å². The molecule has 0 spiro atoms. The van der Waals surface area contributed by atoms with Gasteiger partial charge in [-0.1, -0.05) is 42.2 Å². The Morgan fingerprint density at radius 2 is 2.07 bits per heavy atom. The van der Waals surface area contributed by atoms with E-state index < -0.39 is 0 Å². The minimum Gasteiger partial charge on any atom is -0.327 e. The number of benzene rings is 2. The Balaban J connectivity index is 1.55. The molecule has 1 aliphatic rings. The smallest absolute Gasteiger partial charge is 0.251 e.